The minimum absolute atomic E-state index is 0.158. The molecular weight excluding hydrogens is 366 g/mol. The van der Waals surface area contributed by atoms with Gasteiger partial charge < -0.3 is 10.1 Å². The molecule has 0 saturated heterocycles. The van der Waals surface area contributed by atoms with Gasteiger partial charge in [0.15, 0.2) is 5.57 Å². The van der Waals surface area contributed by atoms with Crippen LogP contribution in [0.25, 0.3) is 11.3 Å². The topological polar surface area (TPSA) is 92.3 Å². The van der Waals surface area contributed by atoms with E-state index in [0.29, 0.717) is 11.6 Å². The molecule has 0 radical (unpaired) electrons. The number of esters is 1. The molecule has 0 unspecified atom stereocenters. The predicted molar refractivity (Wildman–Crippen MR) is 111 cm³/mol. The summed E-state index contributed by atoms with van der Waals surface area (Å²) in [6.07, 6.45) is 4.73. The molecule has 0 spiro atoms. The molecule has 7 nitrogen and oxygen atoms in total. The van der Waals surface area contributed by atoms with Gasteiger partial charge in [0.25, 0.3) is 0 Å². The maximum absolute atomic E-state index is 11.8. The Kier molecular flexibility index (Phi) is 6.53. The highest BCUT2D eigenvalue weighted by atomic mass is 16.5. The lowest BCUT2D eigenvalue weighted by atomic mass is 10.2. The molecule has 2 aromatic carbocycles. The lowest BCUT2D eigenvalue weighted by Gasteiger charge is -2.02. The number of anilines is 1. The Morgan fingerprint density at radius 1 is 1.21 bits per heavy atom. The number of rotatable bonds is 7. The first kappa shape index (κ1) is 19.6. The van der Waals surface area contributed by atoms with Crippen molar-refractivity contribution >= 4 is 18.1 Å². The zero-order valence-electron chi connectivity index (χ0n) is 15.8. The van der Waals surface area contributed by atoms with E-state index < -0.39 is 5.97 Å². The molecule has 0 atom stereocenters. The number of nitrogens with one attached hydrogen (secondary N) is 1. The number of aromatic nitrogens is 2. The van der Waals surface area contributed by atoms with Crippen molar-refractivity contribution < 1.29 is 9.53 Å². The average molecular weight is 385 g/mol. The molecule has 0 amide bonds. The number of hydrogen-bond donors (Lipinski definition) is 1. The smallest absolute Gasteiger partial charge is 0.350 e. The summed E-state index contributed by atoms with van der Waals surface area (Å²) in [6.45, 7) is 1.86. The third kappa shape index (κ3) is 5.17. The van der Waals surface area contributed by atoms with Crippen LogP contribution < -0.4 is 5.32 Å². The summed E-state index contributed by atoms with van der Waals surface area (Å²) < 4.78 is 6.41. The molecule has 1 heterocycles. The van der Waals surface area contributed by atoms with Gasteiger partial charge in [0.05, 0.1) is 24.7 Å². The van der Waals surface area contributed by atoms with E-state index in [0.717, 1.165) is 11.1 Å². The minimum atomic E-state index is -0.698. The van der Waals surface area contributed by atoms with Crippen LogP contribution in [0.4, 0.5) is 5.95 Å². The van der Waals surface area contributed by atoms with E-state index >= 15 is 0 Å². The number of carbonyl (C=O) groups excluding carboxylic acids is 1. The van der Waals surface area contributed by atoms with Crippen molar-refractivity contribution in [1.82, 2.24) is 9.66 Å². The monoisotopic (exact) mass is 385 g/mol. The summed E-state index contributed by atoms with van der Waals surface area (Å²) in [5, 5.41) is 16.5. The Balaban J connectivity index is 1.93. The third-order valence-electron chi connectivity index (χ3n) is 3.85. The van der Waals surface area contributed by atoms with Crippen LogP contribution in [-0.4, -0.2) is 28.5 Å². The second kappa shape index (κ2) is 9.67. The SMILES string of the molecule is CCOC(=O)/C(C#N)=C\Nc1nc(-c2ccccc2)cn1/N=C/c1ccccc1. The van der Waals surface area contributed by atoms with Crippen LogP contribution in [-0.2, 0) is 9.53 Å². The maximum Gasteiger partial charge on any atom is 0.350 e. The number of ether oxygens (including phenoxy) is 1. The first-order valence-electron chi connectivity index (χ1n) is 8.99. The molecule has 0 fully saturated rings. The van der Waals surface area contributed by atoms with Gasteiger partial charge in [0.1, 0.15) is 6.07 Å². The van der Waals surface area contributed by atoms with Gasteiger partial charge in [-0.25, -0.2) is 14.5 Å². The standard InChI is InChI=1S/C22H19N5O2/c1-2-29-21(28)19(13-23)15-24-22-26-20(18-11-7-4-8-12-18)16-27(22)25-14-17-9-5-3-6-10-17/h3-12,14-16H,2H2,1H3,(H,24,26)/b19-15-,25-14+. The number of imidazole rings is 1. The van der Waals surface area contributed by atoms with Crippen LogP contribution in [0.2, 0.25) is 0 Å². The lowest BCUT2D eigenvalue weighted by Crippen LogP contribution is -2.08. The van der Waals surface area contributed by atoms with E-state index in [1.165, 1.54) is 6.20 Å². The summed E-state index contributed by atoms with van der Waals surface area (Å²) >= 11 is 0. The molecule has 1 aromatic heterocycles. The highest BCUT2D eigenvalue weighted by molar-refractivity contribution is 5.93. The molecule has 1 N–H and O–H groups in total. The molecule has 0 bridgehead atoms. The molecule has 0 aliphatic heterocycles. The Labute approximate surface area is 168 Å². The fraction of sp³-hybridized carbons (Fsp3) is 0.0909. The zero-order valence-corrected chi connectivity index (χ0v) is 15.8. The highest BCUT2D eigenvalue weighted by Crippen LogP contribution is 2.21. The summed E-state index contributed by atoms with van der Waals surface area (Å²) in [6, 6.07) is 21.1. The van der Waals surface area contributed by atoms with Crippen LogP contribution in [0.15, 0.2) is 83.7 Å². The molecule has 0 saturated carbocycles. The van der Waals surface area contributed by atoms with E-state index in [2.05, 4.69) is 15.4 Å². The first-order valence-corrected chi connectivity index (χ1v) is 8.99. The maximum atomic E-state index is 11.8. The second-order valence-corrected chi connectivity index (χ2v) is 5.85. The van der Waals surface area contributed by atoms with Gasteiger partial charge in [0, 0.05) is 11.8 Å². The van der Waals surface area contributed by atoms with Crippen molar-refractivity contribution in [3.63, 3.8) is 0 Å². The molecular formula is C22H19N5O2. The minimum Gasteiger partial charge on any atom is -0.462 e. The summed E-state index contributed by atoms with van der Waals surface area (Å²) in [5.41, 5.74) is 2.38. The third-order valence-corrected chi connectivity index (χ3v) is 3.85. The van der Waals surface area contributed by atoms with Crippen LogP contribution in [0.3, 0.4) is 0 Å². The van der Waals surface area contributed by atoms with Crippen LogP contribution in [0.5, 0.6) is 0 Å². The fourth-order valence-electron chi connectivity index (χ4n) is 2.46. The van der Waals surface area contributed by atoms with Crippen molar-refractivity contribution in [3.8, 4) is 17.3 Å². The molecule has 7 heteroatoms. The summed E-state index contributed by atoms with van der Waals surface area (Å²) in [5.74, 6) is -0.343. The Bertz CT molecular complexity index is 1060. The number of benzene rings is 2. The zero-order chi connectivity index (χ0) is 20.5. The van der Waals surface area contributed by atoms with E-state index in [4.69, 9.17) is 4.74 Å². The number of nitrogens with zero attached hydrogens (tertiary/aromatic N) is 4. The van der Waals surface area contributed by atoms with Gasteiger partial charge in [-0.1, -0.05) is 60.7 Å². The van der Waals surface area contributed by atoms with Crippen molar-refractivity contribution in [3.05, 3.63) is 84.2 Å². The van der Waals surface area contributed by atoms with Gasteiger partial charge >= 0.3 is 5.97 Å². The van der Waals surface area contributed by atoms with Gasteiger partial charge in [-0.05, 0) is 12.5 Å². The molecule has 144 valence electrons. The van der Waals surface area contributed by atoms with E-state index in [1.54, 1.807) is 24.0 Å². The van der Waals surface area contributed by atoms with Gasteiger partial charge in [-0.15, -0.1) is 0 Å². The van der Waals surface area contributed by atoms with Gasteiger partial charge in [-0.2, -0.15) is 10.4 Å². The highest BCUT2D eigenvalue weighted by Gasteiger charge is 2.12. The van der Waals surface area contributed by atoms with Crippen molar-refractivity contribution in [2.75, 3.05) is 11.9 Å². The van der Waals surface area contributed by atoms with Gasteiger partial charge in [0.2, 0.25) is 5.95 Å². The predicted octanol–water partition coefficient (Wildman–Crippen LogP) is 3.81. The van der Waals surface area contributed by atoms with Gasteiger partial charge in [-0.3, -0.25) is 0 Å². The first-order chi connectivity index (χ1) is 14.2. The number of nitriles is 1. The van der Waals surface area contributed by atoms with E-state index in [-0.39, 0.29) is 12.2 Å². The molecule has 29 heavy (non-hydrogen) atoms. The molecule has 0 aliphatic rings. The Hall–Kier alpha value is -4.18. The molecule has 0 aliphatic carbocycles. The molecule has 3 aromatic rings. The van der Waals surface area contributed by atoms with E-state index in [9.17, 15) is 10.1 Å². The Morgan fingerprint density at radius 3 is 2.55 bits per heavy atom. The van der Waals surface area contributed by atoms with Crippen LogP contribution in [0.1, 0.15) is 12.5 Å². The largest absolute Gasteiger partial charge is 0.462 e. The Morgan fingerprint density at radius 2 is 1.90 bits per heavy atom. The van der Waals surface area contributed by atoms with Crippen molar-refractivity contribution in [2.24, 2.45) is 5.10 Å². The van der Waals surface area contributed by atoms with E-state index in [1.807, 2.05) is 66.7 Å². The number of hydrogen-bond acceptors (Lipinski definition) is 6. The fourth-order valence-corrected chi connectivity index (χ4v) is 2.46. The molecule has 3 rings (SSSR count). The summed E-state index contributed by atoms with van der Waals surface area (Å²) in [4.78, 5) is 16.3. The second-order valence-electron chi connectivity index (χ2n) is 5.85. The average Bonchev–Trinajstić information content (AvgIpc) is 3.17. The van der Waals surface area contributed by atoms with Crippen LogP contribution >= 0.6 is 0 Å². The summed E-state index contributed by atoms with van der Waals surface area (Å²) in [7, 11) is 0. The van der Waals surface area contributed by atoms with Crippen molar-refractivity contribution in [1.29, 1.82) is 5.26 Å². The van der Waals surface area contributed by atoms with Crippen LogP contribution in [0, 0.1) is 11.3 Å². The number of carbonyl (C=O) groups is 1. The quantitative estimate of drug-likeness (QED) is 0.289. The normalized spacial score (nSPS) is 11.2. The van der Waals surface area contributed by atoms with Crippen molar-refractivity contribution in [2.45, 2.75) is 6.92 Å². The lowest BCUT2D eigenvalue weighted by molar-refractivity contribution is -0.138.